The topological polar surface area (TPSA) is 58.2 Å². The van der Waals surface area contributed by atoms with Gasteiger partial charge in [-0.25, -0.2) is 0 Å². The summed E-state index contributed by atoms with van der Waals surface area (Å²) in [6.07, 6.45) is 7.02. The number of carbonyl (C=O) groups excluding carboxylic acids is 2. The molecule has 0 aromatic heterocycles. The van der Waals surface area contributed by atoms with Crippen LogP contribution in [0.2, 0.25) is 0 Å². The molecule has 4 heteroatoms. The average Bonchev–Trinajstić information content (AvgIpc) is 2.66. The summed E-state index contributed by atoms with van der Waals surface area (Å²) in [5, 5.41) is 5.72. The zero-order valence-electron chi connectivity index (χ0n) is 8.92. The summed E-state index contributed by atoms with van der Waals surface area (Å²) >= 11 is 0. The number of hydrogen-bond donors (Lipinski definition) is 2. The molecule has 2 N–H and O–H groups in total. The van der Waals surface area contributed by atoms with Gasteiger partial charge in [0.1, 0.15) is 6.04 Å². The molecule has 1 saturated carbocycles. The Hall–Kier alpha value is -1.06. The molecule has 2 rings (SSSR count). The van der Waals surface area contributed by atoms with E-state index < -0.39 is 0 Å². The zero-order valence-corrected chi connectivity index (χ0v) is 8.92. The molecule has 0 spiro atoms. The van der Waals surface area contributed by atoms with Gasteiger partial charge in [0.15, 0.2) is 0 Å². The molecule has 84 valence electrons. The molecule has 2 fully saturated rings. The fourth-order valence-corrected chi connectivity index (χ4v) is 2.36. The molecule has 1 atom stereocenters. The Kier molecular flexibility index (Phi) is 3.23. The maximum Gasteiger partial charge on any atom is 0.242 e. The van der Waals surface area contributed by atoms with E-state index >= 15 is 0 Å². The first-order chi connectivity index (χ1) is 7.25. The lowest BCUT2D eigenvalue weighted by atomic mass is 9.95. The first kappa shape index (κ1) is 10.5. The molecule has 2 aliphatic rings. The quantitative estimate of drug-likeness (QED) is 0.705. The van der Waals surface area contributed by atoms with Crippen LogP contribution < -0.4 is 10.6 Å². The number of hydrogen-bond acceptors (Lipinski definition) is 2. The Morgan fingerprint density at radius 2 is 1.93 bits per heavy atom. The van der Waals surface area contributed by atoms with Gasteiger partial charge in [0, 0.05) is 12.5 Å². The van der Waals surface area contributed by atoms with E-state index in [2.05, 4.69) is 10.6 Å². The van der Waals surface area contributed by atoms with Crippen molar-refractivity contribution in [2.75, 3.05) is 0 Å². The van der Waals surface area contributed by atoms with E-state index in [0.717, 1.165) is 12.8 Å². The first-order valence-electron chi connectivity index (χ1n) is 5.85. The lowest BCUT2D eigenvalue weighted by molar-refractivity contribution is -0.126. The van der Waals surface area contributed by atoms with Crippen LogP contribution in [0, 0.1) is 0 Å². The molecule has 0 aromatic rings. The summed E-state index contributed by atoms with van der Waals surface area (Å²) < 4.78 is 0. The predicted molar refractivity (Wildman–Crippen MR) is 56.2 cm³/mol. The third-order valence-electron chi connectivity index (χ3n) is 3.26. The van der Waals surface area contributed by atoms with E-state index in [4.69, 9.17) is 0 Å². The Balaban J connectivity index is 1.78. The molecule has 4 nitrogen and oxygen atoms in total. The standard InChI is InChI=1S/C11H18N2O2/c14-10-7-6-9(13-10)11(15)12-8-4-2-1-3-5-8/h8-9H,1-7H2,(H,12,15)(H,13,14)/t9-/m0/s1. The summed E-state index contributed by atoms with van der Waals surface area (Å²) in [5.41, 5.74) is 0. The van der Waals surface area contributed by atoms with Crippen molar-refractivity contribution < 1.29 is 9.59 Å². The minimum Gasteiger partial charge on any atom is -0.352 e. The van der Waals surface area contributed by atoms with Crippen LogP contribution in [-0.4, -0.2) is 23.9 Å². The van der Waals surface area contributed by atoms with Gasteiger partial charge in [-0.3, -0.25) is 9.59 Å². The third kappa shape index (κ3) is 2.70. The van der Waals surface area contributed by atoms with E-state index in [9.17, 15) is 9.59 Å². The summed E-state index contributed by atoms with van der Waals surface area (Å²) in [5.74, 6) is 0.00606. The average molecular weight is 210 g/mol. The van der Waals surface area contributed by atoms with Crippen LogP contribution in [0.25, 0.3) is 0 Å². The van der Waals surface area contributed by atoms with Gasteiger partial charge >= 0.3 is 0 Å². The van der Waals surface area contributed by atoms with Gasteiger partial charge < -0.3 is 10.6 Å². The third-order valence-corrected chi connectivity index (χ3v) is 3.26. The molecule has 1 heterocycles. The highest BCUT2D eigenvalue weighted by atomic mass is 16.2. The molecular weight excluding hydrogens is 192 g/mol. The second-order valence-corrected chi connectivity index (χ2v) is 4.50. The highest BCUT2D eigenvalue weighted by Gasteiger charge is 2.28. The van der Waals surface area contributed by atoms with Crippen LogP contribution in [0.15, 0.2) is 0 Å². The number of carbonyl (C=O) groups is 2. The van der Waals surface area contributed by atoms with Crippen molar-refractivity contribution in [2.45, 2.75) is 57.0 Å². The summed E-state index contributed by atoms with van der Waals surface area (Å²) in [4.78, 5) is 22.7. The van der Waals surface area contributed by atoms with Gasteiger partial charge in [0.2, 0.25) is 11.8 Å². The van der Waals surface area contributed by atoms with E-state index in [-0.39, 0.29) is 17.9 Å². The highest BCUT2D eigenvalue weighted by molar-refractivity contribution is 5.90. The minimum atomic E-state index is -0.278. The Morgan fingerprint density at radius 1 is 1.20 bits per heavy atom. The van der Waals surface area contributed by atoms with Crippen LogP contribution in [0.5, 0.6) is 0 Å². The molecule has 0 bridgehead atoms. The smallest absolute Gasteiger partial charge is 0.242 e. The van der Waals surface area contributed by atoms with Crippen molar-refractivity contribution in [2.24, 2.45) is 0 Å². The van der Waals surface area contributed by atoms with Crippen molar-refractivity contribution >= 4 is 11.8 Å². The van der Waals surface area contributed by atoms with E-state index in [1.54, 1.807) is 0 Å². The lowest BCUT2D eigenvalue weighted by Gasteiger charge is -2.24. The van der Waals surface area contributed by atoms with Gasteiger partial charge in [-0.1, -0.05) is 19.3 Å². The Morgan fingerprint density at radius 3 is 2.53 bits per heavy atom. The number of nitrogens with one attached hydrogen (secondary N) is 2. The predicted octanol–water partition coefficient (Wildman–Crippen LogP) is 0.714. The maximum absolute atomic E-state index is 11.7. The minimum absolute atomic E-state index is 0.00112. The van der Waals surface area contributed by atoms with Crippen molar-refractivity contribution in [1.29, 1.82) is 0 Å². The van der Waals surface area contributed by atoms with Crippen molar-refractivity contribution in [3.63, 3.8) is 0 Å². The van der Waals surface area contributed by atoms with Crippen LogP contribution in [-0.2, 0) is 9.59 Å². The van der Waals surface area contributed by atoms with Crippen LogP contribution in [0.4, 0.5) is 0 Å². The van der Waals surface area contributed by atoms with Crippen molar-refractivity contribution in [3.8, 4) is 0 Å². The number of rotatable bonds is 2. The molecule has 0 unspecified atom stereocenters. The monoisotopic (exact) mass is 210 g/mol. The molecular formula is C11H18N2O2. The summed E-state index contributed by atoms with van der Waals surface area (Å²) in [6.45, 7) is 0. The van der Waals surface area contributed by atoms with Crippen LogP contribution in [0.3, 0.4) is 0 Å². The van der Waals surface area contributed by atoms with E-state index in [1.807, 2.05) is 0 Å². The SMILES string of the molecule is O=C1CC[C@@H](C(=O)NC2CCCCC2)N1. The second-order valence-electron chi connectivity index (χ2n) is 4.50. The maximum atomic E-state index is 11.7. The fraction of sp³-hybridized carbons (Fsp3) is 0.818. The van der Waals surface area contributed by atoms with Gasteiger partial charge in [0.25, 0.3) is 0 Å². The summed E-state index contributed by atoms with van der Waals surface area (Å²) in [7, 11) is 0. The molecule has 15 heavy (non-hydrogen) atoms. The molecule has 1 aliphatic heterocycles. The first-order valence-corrected chi connectivity index (χ1v) is 5.85. The molecule has 2 amide bonds. The Bertz CT molecular complexity index is 259. The van der Waals surface area contributed by atoms with Crippen LogP contribution in [0.1, 0.15) is 44.9 Å². The van der Waals surface area contributed by atoms with Crippen molar-refractivity contribution in [3.05, 3.63) is 0 Å². The van der Waals surface area contributed by atoms with Gasteiger partial charge in [-0.2, -0.15) is 0 Å². The lowest BCUT2D eigenvalue weighted by Crippen LogP contribution is -2.46. The van der Waals surface area contributed by atoms with Crippen LogP contribution >= 0.6 is 0 Å². The normalized spacial score (nSPS) is 27.5. The molecule has 1 saturated heterocycles. The highest BCUT2D eigenvalue weighted by Crippen LogP contribution is 2.18. The van der Waals surface area contributed by atoms with Gasteiger partial charge in [0.05, 0.1) is 0 Å². The molecule has 0 radical (unpaired) electrons. The molecule has 1 aliphatic carbocycles. The van der Waals surface area contributed by atoms with E-state index in [1.165, 1.54) is 19.3 Å². The summed E-state index contributed by atoms with van der Waals surface area (Å²) in [6, 6.07) is 0.0585. The van der Waals surface area contributed by atoms with E-state index in [0.29, 0.717) is 18.9 Å². The Labute approximate surface area is 89.8 Å². The van der Waals surface area contributed by atoms with Gasteiger partial charge in [-0.15, -0.1) is 0 Å². The largest absolute Gasteiger partial charge is 0.352 e. The fourth-order valence-electron chi connectivity index (χ4n) is 2.36. The number of amides is 2. The van der Waals surface area contributed by atoms with Crippen molar-refractivity contribution in [1.82, 2.24) is 10.6 Å². The zero-order chi connectivity index (χ0) is 10.7. The second kappa shape index (κ2) is 4.64. The van der Waals surface area contributed by atoms with Gasteiger partial charge in [-0.05, 0) is 19.3 Å². The molecule has 0 aromatic carbocycles.